The Labute approximate surface area is 124 Å². The van der Waals surface area contributed by atoms with Crippen LogP contribution in [0.25, 0.3) is 10.1 Å². The molecule has 0 saturated heterocycles. The van der Waals surface area contributed by atoms with E-state index in [0.29, 0.717) is 22.1 Å². The zero-order chi connectivity index (χ0) is 15.8. The van der Waals surface area contributed by atoms with Crippen LogP contribution < -0.4 is 4.74 Å². The highest BCUT2D eigenvalue weighted by Gasteiger charge is 2.31. The molecule has 0 aliphatic heterocycles. The lowest BCUT2D eigenvalue weighted by atomic mass is 10.0. The Hall–Kier alpha value is -1.56. The summed E-state index contributed by atoms with van der Waals surface area (Å²) in [5, 5.41) is 1.11. The third-order valence-electron chi connectivity index (χ3n) is 2.93. The van der Waals surface area contributed by atoms with Crippen LogP contribution in [0.15, 0.2) is 18.2 Å². The smallest absolute Gasteiger partial charge is 0.415 e. The fraction of sp³-hybridized carbons (Fsp3) is 0.400. The van der Waals surface area contributed by atoms with Gasteiger partial charge in [0.25, 0.3) is 0 Å². The summed E-state index contributed by atoms with van der Waals surface area (Å²) in [5.74, 6) is -0.165. The van der Waals surface area contributed by atoms with E-state index in [-0.39, 0.29) is 0 Å². The van der Waals surface area contributed by atoms with E-state index in [4.69, 9.17) is 4.74 Å². The summed E-state index contributed by atoms with van der Waals surface area (Å²) >= 11 is 1.08. The van der Waals surface area contributed by atoms with Gasteiger partial charge in [0, 0.05) is 17.2 Å². The molecule has 2 rings (SSSR count). The van der Waals surface area contributed by atoms with Gasteiger partial charge >= 0.3 is 12.1 Å². The largest absolute Gasteiger partial charge is 0.416 e. The van der Waals surface area contributed by atoms with Gasteiger partial charge in [-0.1, -0.05) is 31.3 Å². The zero-order valence-corrected chi connectivity index (χ0v) is 12.7. The number of esters is 1. The lowest BCUT2D eigenvalue weighted by Gasteiger charge is -2.08. The van der Waals surface area contributed by atoms with Crippen molar-refractivity contribution in [2.45, 2.75) is 33.4 Å². The quantitative estimate of drug-likeness (QED) is 0.741. The van der Waals surface area contributed by atoms with Crippen LogP contribution in [-0.2, 0) is 17.4 Å². The summed E-state index contributed by atoms with van der Waals surface area (Å²) in [5.41, 5.74) is 0.107. The number of carbonyl (C=O) groups is 1. The van der Waals surface area contributed by atoms with Gasteiger partial charge in [-0.25, -0.2) is 0 Å². The Kier molecular flexibility index (Phi) is 4.27. The molecule has 0 saturated carbocycles. The molecular weight excluding hydrogens is 301 g/mol. The second-order valence-electron chi connectivity index (χ2n) is 5.27. The third kappa shape index (κ3) is 3.56. The van der Waals surface area contributed by atoms with Crippen molar-refractivity contribution in [3.05, 3.63) is 29.3 Å². The van der Waals surface area contributed by atoms with Crippen molar-refractivity contribution in [2.75, 3.05) is 0 Å². The fourth-order valence-corrected chi connectivity index (χ4v) is 3.28. The molecule has 0 aliphatic carbocycles. The van der Waals surface area contributed by atoms with Crippen molar-refractivity contribution < 1.29 is 22.7 Å². The summed E-state index contributed by atoms with van der Waals surface area (Å²) in [6.07, 6.45) is -3.73. The number of thiophene rings is 1. The average Bonchev–Trinajstić information content (AvgIpc) is 2.64. The Bertz CT molecular complexity index is 671. The van der Waals surface area contributed by atoms with E-state index < -0.39 is 17.7 Å². The molecule has 2 nitrogen and oxygen atoms in total. The maximum atomic E-state index is 12.8. The van der Waals surface area contributed by atoms with E-state index in [1.54, 1.807) is 0 Å². The van der Waals surface area contributed by atoms with Crippen molar-refractivity contribution >= 4 is 27.4 Å². The first-order chi connectivity index (χ1) is 9.68. The summed E-state index contributed by atoms with van der Waals surface area (Å²) in [4.78, 5) is 11.2. The van der Waals surface area contributed by atoms with Gasteiger partial charge in [0.2, 0.25) is 0 Å². The molecule has 0 fully saturated rings. The molecule has 1 aromatic heterocycles. The van der Waals surface area contributed by atoms with Gasteiger partial charge in [0.15, 0.2) is 5.06 Å². The van der Waals surface area contributed by atoms with Gasteiger partial charge in [-0.3, -0.25) is 4.79 Å². The maximum absolute atomic E-state index is 12.8. The van der Waals surface area contributed by atoms with Gasteiger partial charge in [0.1, 0.15) is 0 Å². The minimum Gasteiger partial charge on any atom is -0.415 e. The molecule has 0 unspecified atom stereocenters. The Morgan fingerprint density at radius 3 is 2.52 bits per heavy atom. The summed E-state index contributed by atoms with van der Waals surface area (Å²) in [6.45, 7) is 5.29. The summed E-state index contributed by atoms with van der Waals surface area (Å²) in [7, 11) is 0. The van der Waals surface area contributed by atoms with Crippen LogP contribution in [0.1, 0.15) is 31.9 Å². The van der Waals surface area contributed by atoms with E-state index in [1.807, 2.05) is 13.8 Å². The lowest BCUT2D eigenvalue weighted by Crippen LogP contribution is -2.04. The van der Waals surface area contributed by atoms with Crippen LogP contribution in [0.5, 0.6) is 5.06 Å². The standard InChI is InChI=1S/C15H15F3O2S/c1-8(2)6-12-11-5-4-10(15(16,17)18)7-13(11)21-14(12)20-9(3)19/h4-5,7-8H,6H2,1-3H3. The van der Waals surface area contributed by atoms with E-state index in [0.717, 1.165) is 34.4 Å². The summed E-state index contributed by atoms with van der Waals surface area (Å²) in [6, 6.07) is 3.63. The monoisotopic (exact) mass is 316 g/mol. The molecule has 0 spiro atoms. The van der Waals surface area contributed by atoms with Crippen molar-refractivity contribution in [1.29, 1.82) is 0 Å². The molecule has 1 aromatic carbocycles. The molecule has 0 bridgehead atoms. The molecule has 6 heteroatoms. The normalized spacial score (nSPS) is 12.1. The molecule has 1 heterocycles. The van der Waals surface area contributed by atoms with E-state index in [1.165, 1.54) is 13.0 Å². The molecule has 0 radical (unpaired) electrons. The number of benzene rings is 1. The molecule has 114 valence electrons. The second kappa shape index (κ2) is 5.67. The number of hydrogen-bond donors (Lipinski definition) is 0. The van der Waals surface area contributed by atoms with Gasteiger partial charge in [-0.2, -0.15) is 13.2 Å². The van der Waals surface area contributed by atoms with Crippen LogP contribution in [0.2, 0.25) is 0 Å². The first-order valence-electron chi connectivity index (χ1n) is 6.49. The van der Waals surface area contributed by atoms with Crippen molar-refractivity contribution in [3.63, 3.8) is 0 Å². The number of hydrogen-bond acceptors (Lipinski definition) is 3. The van der Waals surface area contributed by atoms with Crippen molar-refractivity contribution in [3.8, 4) is 5.06 Å². The van der Waals surface area contributed by atoms with E-state index >= 15 is 0 Å². The van der Waals surface area contributed by atoms with Crippen molar-refractivity contribution in [1.82, 2.24) is 0 Å². The zero-order valence-electron chi connectivity index (χ0n) is 11.9. The number of rotatable bonds is 3. The Morgan fingerprint density at radius 2 is 2.00 bits per heavy atom. The Balaban J connectivity index is 2.58. The predicted molar refractivity (Wildman–Crippen MR) is 76.7 cm³/mol. The molecule has 0 aliphatic rings. The molecule has 0 atom stereocenters. The molecule has 2 aromatic rings. The van der Waals surface area contributed by atoms with Crippen LogP contribution in [-0.4, -0.2) is 5.97 Å². The highest BCUT2D eigenvalue weighted by atomic mass is 32.1. The second-order valence-corrected chi connectivity index (χ2v) is 6.28. The minimum atomic E-state index is -4.38. The van der Waals surface area contributed by atoms with Crippen molar-refractivity contribution in [2.24, 2.45) is 5.92 Å². The molecular formula is C15H15F3O2S. The molecule has 21 heavy (non-hydrogen) atoms. The first-order valence-corrected chi connectivity index (χ1v) is 7.31. The number of alkyl halides is 3. The summed E-state index contributed by atoms with van der Waals surface area (Å²) < 4.78 is 43.9. The fourth-order valence-electron chi connectivity index (χ4n) is 2.12. The van der Waals surface area contributed by atoms with Crippen LogP contribution in [0, 0.1) is 5.92 Å². The van der Waals surface area contributed by atoms with Gasteiger partial charge < -0.3 is 4.74 Å². The van der Waals surface area contributed by atoms with Gasteiger partial charge in [0.05, 0.1) is 5.56 Å². The maximum Gasteiger partial charge on any atom is 0.416 e. The number of halogens is 3. The molecule has 0 amide bonds. The first kappa shape index (κ1) is 15.8. The number of fused-ring (bicyclic) bond motifs is 1. The minimum absolute atomic E-state index is 0.305. The lowest BCUT2D eigenvalue weighted by molar-refractivity contribution is -0.137. The highest BCUT2D eigenvalue weighted by molar-refractivity contribution is 7.21. The third-order valence-corrected chi connectivity index (χ3v) is 4.00. The van der Waals surface area contributed by atoms with Crippen LogP contribution >= 0.6 is 11.3 Å². The average molecular weight is 316 g/mol. The van der Waals surface area contributed by atoms with Crippen LogP contribution in [0.4, 0.5) is 13.2 Å². The number of ether oxygens (including phenoxy) is 1. The topological polar surface area (TPSA) is 26.3 Å². The Morgan fingerprint density at radius 1 is 1.33 bits per heavy atom. The highest BCUT2D eigenvalue weighted by Crippen LogP contribution is 2.41. The number of carbonyl (C=O) groups excluding carboxylic acids is 1. The van der Waals surface area contributed by atoms with Gasteiger partial charge in [-0.15, -0.1) is 0 Å². The van der Waals surface area contributed by atoms with E-state index in [9.17, 15) is 18.0 Å². The SMILES string of the molecule is CC(=O)Oc1sc2cc(C(F)(F)F)ccc2c1CC(C)C. The molecule has 0 N–H and O–H groups in total. The predicted octanol–water partition coefficient (Wildman–Crippen LogP) is 5.04. The van der Waals surface area contributed by atoms with E-state index in [2.05, 4.69) is 0 Å². The van der Waals surface area contributed by atoms with Crippen LogP contribution in [0.3, 0.4) is 0 Å². The van der Waals surface area contributed by atoms with Gasteiger partial charge in [-0.05, 0) is 29.9 Å².